The summed E-state index contributed by atoms with van der Waals surface area (Å²) >= 11 is 0. The van der Waals surface area contributed by atoms with Crippen molar-refractivity contribution >= 4 is 21.6 Å². The third kappa shape index (κ3) is 3.18. The molecule has 0 bridgehead atoms. The van der Waals surface area contributed by atoms with E-state index in [0.29, 0.717) is 38.2 Å². The summed E-state index contributed by atoms with van der Waals surface area (Å²) < 4.78 is 32.9. The molecule has 0 saturated carbocycles. The lowest BCUT2D eigenvalue weighted by Crippen LogP contribution is -2.34. The third-order valence-electron chi connectivity index (χ3n) is 5.81. The van der Waals surface area contributed by atoms with Gasteiger partial charge < -0.3 is 9.64 Å². The first-order valence-corrected chi connectivity index (χ1v) is 10.8. The zero-order valence-electron chi connectivity index (χ0n) is 16.1. The summed E-state index contributed by atoms with van der Waals surface area (Å²) in [7, 11) is -2.10. The Balaban J connectivity index is 1.57. The van der Waals surface area contributed by atoms with Gasteiger partial charge in [0.05, 0.1) is 12.0 Å². The molecule has 7 heteroatoms. The van der Waals surface area contributed by atoms with Crippen molar-refractivity contribution < 1.29 is 17.9 Å². The van der Waals surface area contributed by atoms with E-state index < -0.39 is 10.0 Å². The molecular formula is C21H24N2O4S. The van der Waals surface area contributed by atoms with Gasteiger partial charge in [0, 0.05) is 43.2 Å². The molecule has 148 valence electrons. The lowest BCUT2D eigenvalue weighted by atomic mass is 9.86. The van der Waals surface area contributed by atoms with Crippen molar-refractivity contribution in [1.82, 2.24) is 4.31 Å². The molecule has 2 aliphatic heterocycles. The highest BCUT2D eigenvalue weighted by Crippen LogP contribution is 2.43. The molecule has 0 unspecified atom stereocenters. The van der Waals surface area contributed by atoms with Gasteiger partial charge in [0.25, 0.3) is 0 Å². The Bertz CT molecular complexity index is 1020. The van der Waals surface area contributed by atoms with E-state index in [1.54, 1.807) is 24.3 Å². The maximum atomic E-state index is 13.1. The summed E-state index contributed by atoms with van der Waals surface area (Å²) in [6.45, 7) is 3.33. The fraction of sp³-hybridized carbons (Fsp3) is 0.381. The van der Waals surface area contributed by atoms with Crippen molar-refractivity contribution in [3.05, 3.63) is 54.1 Å². The van der Waals surface area contributed by atoms with Gasteiger partial charge in [0.2, 0.25) is 15.9 Å². The van der Waals surface area contributed by atoms with Crippen LogP contribution in [0.3, 0.4) is 0 Å². The number of methoxy groups -OCH3 is 1. The van der Waals surface area contributed by atoms with Gasteiger partial charge >= 0.3 is 0 Å². The smallest absolute Gasteiger partial charge is 0.243 e. The van der Waals surface area contributed by atoms with E-state index in [1.807, 2.05) is 36.1 Å². The topological polar surface area (TPSA) is 66.9 Å². The van der Waals surface area contributed by atoms with Gasteiger partial charge in [-0.2, -0.15) is 4.31 Å². The monoisotopic (exact) mass is 400 g/mol. The first kappa shape index (κ1) is 19.0. The van der Waals surface area contributed by atoms with Crippen LogP contribution in [0, 0.1) is 12.3 Å². The first-order valence-electron chi connectivity index (χ1n) is 9.35. The van der Waals surface area contributed by atoms with Crippen LogP contribution in [0.15, 0.2) is 53.4 Å². The van der Waals surface area contributed by atoms with Gasteiger partial charge in [-0.25, -0.2) is 8.42 Å². The Morgan fingerprint density at radius 3 is 2.61 bits per heavy atom. The number of anilines is 1. The maximum absolute atomic E-state index is 13.1. The summed E-state index contributed by atoms with van der Waals surface area (Å²) in [5.74, 6) is 0.576. The quantitative estimate of drug-likeness (QED) is 0.792. The van der Waals surface area contributed by atoms with Crippen molar-refractivity contribution in [1.29, 1.82) is 0 Å². The summed E-state index contributed by atoms with van der Waals surface area (Å²) in [6.07, 6.45) is 1.07. The second kappa shape index (κ2) is 6.90. The fourth-order valence-corrected chi connectivity index (χ4v) is 5.85. The highest BCUT2D eigenvalue weighted by molar-refractivity contribution is 7.89. The molecule has 4 rings (SSSR count). The van der Waals surface area contributed by atoms with Crippen LogP contribution in [0.4, 0.5) is 5.69 Å². The average Bonchev–Trinajstić information content (AvgIpc) is 3.25. The molecular weight excluding hydrogens is 376 g/mol. The lowest BCUT2D eigenvalue weighted by molar-refractivity contribution is -0.117. The Hall–Kier alpha value is -2.38. The average molecular weight is 401 g/mol. The van der Waals surface area contributed by atoms with Crippen molar-refractivity contribution in [3.8, 4) is 5.75 Å². The minimum atomic E-state index is -3.62. The van der Waals surface area contributed by atoms with Crippen LogP contribution >= 0.6 is 0 Å². The van der Waals surface area contributed by atoms with Gasteiger partial charge in [0.1, 0.15) is 5.75 Å². The first-order chi connectivity index (χ1) is 13.3. The van der Waals surface area contributed by atoms with E-state index in [0.717, 1.165) is 11.3 Å². The Morgan fingerprint density at radius 2 is 1.86 bits per heavy atom. The van der Waals surface area contributed by atoms with Gasteiger partial charge in [0.15, 0.2) is 0 Å². The van der Waals surface area contributed by atoms with Crippen molar-refractivity contribution in [2.45, 2.75) is 24.7 Å². The van der Waals surface area contributed by atoms with Gasteiger partial charge in [-0.1, -0.05) is 24.3 Å². The molecule has 2 aromatic rings. The van der Waals surface area contributed by atoms with Gasteiger partial charge in [-0.15, -0.1) is 0 Å². The van der Waals surface area contributed by atoms with Crippen molar-refractivity contribution in [3.63, 3.8) is 0 Å². The van der Waals surface area contributed by atoms with Crippen molar-refractivity contribution in [2.24, 2.45) is 5.41 Å². The van der Waals surface area contributed by atoms with E-state index in [4.69, 9.17) is 4.74 Å². The second-order valence-corrected chi connectivity index (χ2v) is 9.65. The van der Waals surface area contributed by atoms with E-state index in [2.05, 4.69) is 0 Å². The predicted molar refractivity (Wildman–Crippen MR) is 107 cm³/mol. The molecule has 1 spiro atoms. The number of hydrogen-bond donors (Lipinski definition) is 0. The number of nitrogens with zero attached hydrogens (tertiary/aromatic N) is 2. The Morgan fingerprint density at radius 1 is 1.07 bits per heavy atom. The molecule has 2 heterocycles. The molecule has 0 N–H and O–H groups in total. The number of carbonyl (C=O) groups is 1. The number of ether oxygens (including phenoxy) is 1. The van der Waals surface area contributed by atoms with Gasteiger partial charge in [-0.3, -0.25) is 4.79 Å². The number of amides is 1. The van der Waals surface area contributed by atoms with Crippen molar-refractivity contribution in [2.75, 3.05) is 31.6 Å². The van der Waals surface area contributed by atoms with E-state index in [-0.39, 0.29) is 16.2 Å². The molecule has 0 aromatic heterocycles. The zero-order chi connectivity index (χ0) is 19.9. The molecule has 2 aliphatic rings. The van der Waals surface area contributed by atoms with Crippen LogP contribution in [0.5, 0.6) is 5.75 Å². The molecule has 0 radical (unpaired) electrons. The zero-order valence-corrected chi connectivity index (χ0v) is 16.9. The molecule has 2 fully saturated rings. The van der Waals surface area contributed by atoms with E-state index in [1.165, 1.54) is 11.4 Å². The minimum Gasteiger partial charge on any atom is -0.497 e. The third-order valence-corrected chi connectivity index (χ3v) is 7.65. The molecule has 1 atom stereocenters. The highest BCUT2D eigenvalue weighted by atomic mass is 32.2. The van der Waals surface area contributed by atoms with Crippen LogP contribution in [0.2, 0.25) is 0 Å². The molecule has 0 aliphatic carbocycles. The number of sulfonamides is 1. The molecule has 2 aromatic carbocycles. The predicted octanol–water partition coefficient (Wildman–Crippen LogP) is 2.82. The number of hydrogen-bond acceptors (Lipinski definition) is 4. The molecule has 1 amide bonds. The van der Waals surface area contributed by atoms with E-state index in [9.17, 15) is 13.2 Å². The van der Waals surface area contributed by atoms with E-state index >= 15 is 0 Å². The fourth-order valence-electron chi connectivity index (χ4n) is 4.26. The Labute approximate surface area is 165 Å². The summed E-state index contributed by atoms with van der Waals surface area (Å²) in [5, 5.41) is 0. The standard InChI is InChI=1S/C21H24N2O4S/c1-16-6-3-4-9-19(16)23-15-21(13-20(23)24)10-11-22(14-21)28(25,26)18-8-5-7-17(12-18)27-2/h3-9,12H,10-11,13-15H2,1-2H3/t21-/m1/s1. The number of para-hydroxylation sites is 1. The van der Waals surface area contributed by atoms with Crippen LogP contribution in [0.25, 0.3) is 0 Å². The number of aryl methyl sites for hydroxylation is 1. The summed E-state index contributed by atoms with van der Waals surface area (Å²) in [5.41, 5.74) is 1.64. The lowest BCUT2D eigenvalue weighted by Gasteiger charge is -2.25. The summed E-state index contributed by atoms with van der Waals surface area (Å²) in [4.78, 5) is 14.8. The van der Waals surface area contributed by atoms with Crippen LogP contribution in [-0.2, 0) is 14.8 Å². The number of rotatable bonds is 4. The number of benzene rings is 2. The van der Waals surface area contributed by atoms with Crippen LogP contribution in [-0.4, -0.2) is 45.4 Å². The maximum Gasteiger partial charge on any atom is 0.243 e. The normalized spacial score (nSPS) is 22.9. The highest BCUT2D eigenvalue weighted by Gasteiger charge is 2.50. The number of carbonyl (C=O) groups excluding carboxylic acids is 1. The second-order valence-electron chi connectivity index (χ2n) is 7.71. The molecule has 2 saturated heterocycles. The minimum absolute atomic E-state index is 0.0647. The van der Waals surface area contributed by atoms with Gasteiger partial charge in [-0.05, 0) is 37.1 Å². The van der Waals surface area contributed by atoms with Crippen LogP contribution in [0.1, 0.15) is 18.4 Å². The largest absolute Gasteiger partial charge is 0.497 e. The van der Waals surface area contributed by atoms with Crippen LogP contribution < -0.4 is 9.64 Å². The molecule has 6 nitrogen and oxygen atoms in total. The SMILES string of the molecule is COc1cccc(S(=O)(=O)N2CC[C@@]3(CC(=O)N(c4ccccc4C)C3)C2)c1. The Kier molecular flexibility index (Phi) is 4.67. The molecule has 28 heavy (non-hydrogen) atoms. The summed E-state index contributed by atoms with van der Waals surface area (Å²) in [6, 6.07) is 14.3.